The number of likely N-dealkylation sites (tertiary alicyclic amines) is 1. The first kappa shape index (κ1) is 15.8. The average molecular weight is 270 g/mol. The van der Waals surface area contributed by atoms with Gasteiger partial charge in [0, 0.05) is 13.1 Å². The molecule has 1 aliphatic heterocycles. The Bertz CT molecular complexity index is 319. The van der Waals surface area contributed by atoms with Gasteiger partial charge in [0.15, 0.2) is 0 Å². The van der Waals surface area contributed by atoms with E-state index in [4.69, 9.17) is 5.11 Å². The van der Waals surface area contributed by atoms with Gasteiger partial charge in [-0.2, -0.15) is 0 Å². The van der Waals surface area contributed by atoms with E-state index in [1.807, 2.05) is 6.92 Å². The first-order valence-electron chi connectivity index (χ1n) is 7.14. The summed E-state index contributed by atoms with van der Waals surface area (Å²) in [5.74, 6) is -0.945. The van der Waals surface area contributed by atoms with Crippen LogP contribution in [0.25, 0.3) is 0 Å². The molecule has 19 heavy (non-hydrogen) atoms. The zero-order valence-corrected chi connectivity index (χ0v) is 12.2. The van der Waals surface area contributed by atoms with E-state index in [1.54, 1.807) is 4.90 Å². The number of hydrogen-bond acceptors (Lipinski definition) is 2. The van der Waals surface area contributed by atoms with Gasteiger partial charge in [-0.3, -0.25) is 0 Å². The standard InChI is InChI=1S/C14H26N2O3/c1-4-5-6-11(12(17)18)15-13(19)16-9-7-14(2,3)8-10-16/h11H,4-10H2,1-3H3,(H,15,19)(H,17,18)/t11-/m0/s1. The SMILES string of the molecule is CCCC[C@H](NC(=O)N1CCC(C)(C)CC1)C(=O)O. The van der Waals surface area contributed by atoms with Crippen molar-refractivity contribution < 1.29 is 14.7 Å². The maximum absolute atomic E-state index is 12.0. The van der Waals surface area contributed by atoms with E-state index in [0.717, 1.165) is 25.7 Å². The van der Waals surface area contributed by atoms with Gasteiger partial charge in [0.1, 0.15) is 6.04 Å². The molecule has 110 valence electrons. The number of piperidine rings is 1. The van der Waals surface area contributed by atoms with E-state index in [-0.39, 0.29) is 11.4 Å². The lowest BCUT2D eigenvalue weighted by Crippen LogP contribution is -2.51. The number of unbranched alkanes of at least 4 members (excludes halogenated alkanes) is 1. The summed E-state index contributed by atoms with van der Waals surface area (Å²) in [4.78, 5) is 24.9. The third-order valence-corrected chi connectivity index (χ3v) is 3.85. The maximum Gasteiger partial charge on any atom is 0.326 e. The first-order valence-corrected chi connectivity index (χ1v) is 7.14. The number of carboxylic acids is 1. The highest BCUT2D eigenvalue weighted by Gasteiger charge is 2.29. The Morgan fingerprint density at radius 3 is 2.37 bits per heavy atom. The molecule has 2 N–H and O–H groups in total. The summed E-state index contributed by atoms with van der Waals surface area (Å²) in [6, 6.07) is -0.999. The van der Waals surface area contributed by atoms with Crippen LogP contribution < -0.4 is 5.32 Å². The van der Waals surface area contributed by atoms with Crippen molar-refractivity contribution in [3.8, 4) is 0 Å². The monoisotopic (exact) mass is 270 g/mol. The molecule has 1 aliphatic rings. The van der Waals surface area contributed by atoms with Crippen LogP contribution in [-0.4, -0.2) is 41.1 Å². The van der Waals surface area contributed by atoms with E-state index in [1.165, 1.54) is 0 Å². The van der Waals surface area contributed by atoms with Crippen molar-refractivity contribution in [3.63, 3.8) is 0 Å². The number of amides is 2. The lowest BCUT2D eigenvalue weighted by Gasteiger charge is -2.37. The highest BCUT2D eigenvalue weighted by atomic mass is 16.4. The number of carbonyl (C=O) groups excluding carboxylic acids is 1. The van der Waals surface area contributed by atoms with Gasteiger partial charge in [-0.1, -0.05) is 33.6 Å². The average Bonchev–Trinajstić information content (AvgIpc) is 2.33. The van der Waals surface area contributed by atoms with Crippen molar-refractivity contribution in [2.45, 2.75) is 58.9 Å². The molecule has 0 bridgehead atoms. The number of carboxylic acid groups (broad SMARTS) is 1. The molecule has 0 aliphatic carbocycles. The maximum atomic E-state index is 12.0. The van der Waals surface area contributed by atoms with Gasteiger partial charge in [0.05, 0.1) is 0 Å². The molecule has 1 atom stereocenters. The normalized spacial score (nSPS) is 19.8. The molecule has 0 spiro atoms. The highest BCUT2D eigenvalue weighted by Crippen LogP contribution is 2.29. The Morgan fingerprint density at radius 1 is 1.32 bits per heavy atom. The van der Waals surface area contributed by atoms with Gasteiger partial charge in [0.25, 0.3) is 0 Å². The fourth-order valence-electron chi connectivity index (χ4n) is 2.22. The molecule has 1 heterocycles. The predicted molar refractivity (Wildman–Crippen MR) is 74.1 cm³/mol. The minimum Gasteiger partial charge on any atom is -0.480 e. The summed E-state index contributed by atoms with van der Waals surface area (Å²) in [6.07, 6.45) is 4.17. The Kier molecular flexibility index (Phi) is 5.63. The Hall–Kier alpha value is -1.26. The third kappa shape index (κ3) is 5.09. The van der Waals surface area contributed by atoms with Crippen LogP contribution in [0.2, 0.25) is 0 Å². The quantitative estimate of drug-likeness (QED) is 0.806. The molecule has 0 saturated carbocycles. The van der Waals surface area contributed by atoms with E-state index < -0.39 is 12.0 Å². The number of aliphatic carboxylic acids is 1. The molecular weight excluding hydrogens is 244 g/mol. The highest BCUT2D eigenvalue weighted by molar-refractivity contribution is 5.82. The lowest BCUT2D eigenvalue weighted by molar-refractivity contribution is -0.139. The van der Waals surface area contributed by atoms with E-state index in [2.05, 4.69) is 19.2 Å². The summed E-state index contributed by atoms with van der Waals surface area (Å²) in [5.41, 5.74) is 0.283. The summed E-state index contributed by atoms with van der Waals surface area (Å²) < 4.78 is 0. The van der Waals surface area contributed by atoms with Crippen molar-refractivity contribution in [1.82, 2.24) is 10.2 Å². The molecule has 2 amide bonds. The second-order valence-electron chi connectivity index (χ2n) is 6.13. The summed E-state index contributed by atoms with van der Waals surface area (Å²) in [6.45, 7) is 7.82. The van der Waals surface area contributed by atoms with Crippen LogP contribution in [0.15, 0.2) is 0 Å². The van der Waals surface area contributed by atoms with E-state index in [0.29, 0.717) is 19.5 Å². The van der Waals surface area contributed by atoms with Crippen molar-refractivity contribution in [3.05, 3.63) is 0 Å². The molecule has 0 aromatic rings. The largest absolute Gasteiger partial charge is 0.480 e. The second-order valence-corrected chi connectivity index (χ2v) is 6.13. The molecule has 1 rings (SSSR count). The zero-order chi connectivity index (χ0) is 14.5. The Balaban J connectivity index is 2.46. The van der Waals surface area contributed by atoms with Crippen LogP contribution in [-0.2, 0) is 4.79 Å². The van der Waals surface area contributed by atoms with Gasteiger partial charge in [-0.25, -0.2) is 9.59 Å². The van der Waals surface area contributed by atoms with Gasteiger partial charge in [0.2, 0.25) is 0 Å². The number of rotatable bonds is 5. The van der Waals surface area contributed by atoms with E-state index in [9.17, 15) is 9.59 Å². The van der Waals surface area contributed by atoms with E-state index >= 15 is 0 Å². The second kappa shape index (κ2) is 6.78. The van der Waals surface area contributed by atoms with Crippen LogP contribution in [0, 0.1) is 5.41 Å². The fraction of sp³-hybridized carbons (Fsp3) is 0.857. The van der Waals surface area contributed by atoms with Gasteiger partial charge in [-0.05, 0) is 24.7 Å². The van der Waals surface area contributed by atoms with Crippen LogP contribution in [0.1, 0.15) is 52.9 Å². The Labute approximate surface area is 115 Å². The van der Waals surface area contributed by atoms with Gasteiger partial charge >= 0.3 is 12.0 Å². The van der Waals surface area contributed by atoms with Gasteiger partial charge in [-0.15, -0.1) is 0 Å². The molecule has 0 unspecified atom stereocenters. The lowest BCUT2D eigenvalue weighted by atomic mass is 9.83. The van der Waals surface area contributed by atoms with Crippen LogP contribution >= 0.6 is 0 Å². The zero-order valence-electron chi connectivity index (χ0n) is 12.2. The molecule has 5 nitrogen and oxygen atoms in total. The summed E-state index contributed by atoms with van der Waals surface area (Å²) >= 11 is 0. The first-order chi connectivity index (χ1) is 8.85. The minimum atomic E-state index is -0.945. The van der Waals surface area contributed by atoms with Crippen LogP contribution in [0.4, 0.5) is 4.79 Å². The van der Waals surface area contributed by atoms with Crippen molar-refractivity contribution in [2.75, 3.05) is 13.1 Å². The molecule has 0 radical (unpaired) electrons. The van der Waals surface area contributed by atoms with Crippen LogP contribution in [0.3, 0.4) is 0 Å². The fourth-order valence-corrected chi connectivity index (χ4v) is 2.22. The van der Waals surface area contributed by atoms with Crippen molar-refractivity contribution in [1.29, 1.82) is 0 Å². The Morgan fingerprint density at radius 2 is 1.89 bits per heavy atom. The van der Waals surface area contributed by atoms with Gasteiger partial charge < -0.3 is 15.3 Å². The molecule has 0 aromatic heterocycles. The minimum absolute atomic E-state index is 0.237. The number of nitrogens with zero attached hydrogens (tertiary/aromatic N) is 1. The molecular formula is C14H26N2O3. The molecule has 1 fully saturated rings. The summed E-state index contributed by atoms with van der Waals surface area (Å²) in [5, 5.41) is 11.7. The number of hydrogen-bond donors (Lipinski definition) is 2. The predicted octanol–water partition coefficient (Wildman–Crippen LogP) is 2.46. The molecule has 1 saturated heterocycles. The van der Waals surface area contributed by atoms with Crippen molar-refractivity contribution >= 4 is 12.0 Å². The number of carbonyl (C=O) groups is 2. The molecule has 0 aromatic carbocycles. The summed E-state index contributed by atoms with van der Waals surface area (Å²) in [7, 11) is 0. The smallest absolute Gasteiger partial charge is 0.326 e. The topological polar surface area (TPSA) is 69.6 Å². The molecule has 5 heteroatoms. The van der Waals surface area contributed by atoms with Crippen LogP contribution in [0.5, 0.6) is 0 Å². The number of nitrogens with one attached hydrogen (secondary N) is 1. The van der Waals surface area contributed by atoms with Crippen molar-refractivity contribution in [2.24, 2.45) is 5.41 Å². The number of urea groups is 1. The third-order valence-electron chi connectivity index (χ3n) is 3.85.